The van der Waals surface area contributed by atoms with Crippen molar-refractivity contribution in [2.45, 2.75) is 17.0 Å². The van der Waals surface area contributed by atoms with Crippen molar-refractivity contribution in [3.63, 3.8) is 0 Å². The molecule has 1 heterocycles. The molecule has 23 heavy (non-hydrogen) atoms. The molecule has 0 spiro atoms. The summed E-state index contributed by atoms with van der Waals surface area (Å²) in [5, 5.41) is 12.5. The maximum Gasteiger partial charge on any atom is 0.240 e. The average molecular weight is 364 g/mol. The van der Waals surface area contributed by atoms with Crippen LogP contribution in [0.15, 0.2) is 29.2 Å². The third-order valence-electron chi connectivity index (χ3n) is 3.52. The summed E-state index contributed by atoms with van der Waals surface area (Å²) in [6, 6.07) is 5.40. The Balaban J connectivity index is 1.83. The Hall–Kier alpha value is -1.20. The number of hydrogen-bond acceptors (Lipinski definition) is 7. The molecule has 1 aromatic carbocycles. The largest absolute Gasteiger partial charge is 0.497 e. The molecule has 0 unspecified atom stereocenters. The number of methoxy groups -OCH3 is 1. The fourth-order valence-corrected chi connectivity index (χ4v) is 5.11. The summed E-state index contributed by atoms with van der Waals surface area (Å²) < 4.78 is 54.2. The zero-order valence-corrected chi connectivity index (χ0v) is 14.2. The van der Waals surface area contributed by atoms with Crippen LogP contribution in [0.4, 0.5) is 0 Å². The Labute approximate surface area is 135 Å². The van der Waals surface area contributed by atoms with Crippen LogP contribution in [0.2, 0.25) is 0 Å². The van der Waals surface area contributed by atoms with Crippen LogP contribution in [0, 0.1) is 0 Å². The van der Waals surface area contributed by atoms with E-state index in [-0.39, 0.29) is 29.5 Å². The van der Waals surface area contributed by atoms with E-state index < -0.39 is 32.0 Å². The number of rotatable bonds is 7. The molecule has 2 rings (SSSR count). The number of aliphatic hydroxyl groups is 1. The monoisotopic (exact) mass is 364 g/mol. The zero-order chi connectivity index (χ0) is 17.1. The predicted octanol–water partition coefficient (Wildman–Crippen LogP) is -1.28. The Morgan fingerprint density at radius 2 is 1.87 bits per heavy atom. The van der Waals surface area contributed by atoms with Gasteiger partial charge in [0.25, 0.3) is 0 Å². The van der Waals surface area contributed by atoms with Gasteiger partial charge >= 0.3 is 0 Å². The summed E-state index contributed by atoms with van der Waals surface area (Å²) in [5.74, 6) is 0.156. The van der Waals surface area contributed by atoms with Crippen molar-refractivity contribution in [3.8, 4) is 5.75 Å². The highest BCUT2D eigenvalue weighted by Crippen LogP contribution is 2.15. The number of nitrogens with one attached hydrogen (secondary N) is 2. The van der Waals surface area contributed by atoms with Gasteiger partial charge in [0.1, 0.15) is 5.75 Å². The first-order valence-corrected chi connectivity index (χ1v) is 10.3. The van der Waals surface area contributed by atoms with E-state index in [1.165, 1.54) is 19.2 Å². The standard InChI is InChI=1S/C13H20N2O6S2/c1-21-10-2-4-11(5-3-10)23(19,20)15-7-6-14-12-8-22(17,18)9-13(12)16/h2-5,12-16H,6-9H2,1H3/t12-,13+/m1/s1. The Morgan fingerprint density at radius 1 is 1.22 bits per heavy atom. The molecule has 1 saturated heterocycles. The molecule has 1 fully saturated rings. The molecule has 0 aromatic heterocycles. The van der Waals surface area contributed by atoms with E-state index in [4.69, 9.17) is 4.74 Å². The maximum absolute atomic E-state index is 12.1. The molecular formula is C13H20N2O6S2. The average Bonchev–Trinajstić information content (AvgIpc) is 2.76. The number of benzene rings is 1. The van der Waals surface area contributed by atoms with Gasteiger partial charge < -0.3 is 15.2 Å². The molecule has 10 heteroatoms. The summed E-state index contributed by atoms with van der Waals surface area (Å²) in [6.07, 6.45) is -0.960. The molecule has 8 nitrogen and oxygen atoms in total. The molecule has 3 N–H and O–H groups in total. The lowest BCUT2D eigenvalue weighted by Gasteiger charge is -2.15. The topological polar surface area (TPSA) is 122 Å². The molecule has 0 radical (unpaired) electrons. The molecule has 0 amide bonds. The van der Waals surface area contributed by atoms with Crippen LogP contribution in [0.3, 0.4) is 0 Å². The van der Waals surface area contributed by atoms with E-state index in [2.05, 4.69) is 10.0 Å². The summed E-state index contributed by atoms with van der Waals surface area (Å²) in [6.45, 7) is 0.296. The molecule has 0 saturated carbocycles. The van der Waals surface area contributed by atoms with Crippen molar-refractivity contribution in [2.75, 3.05) is 31.7 Å². The fraction of sp³-hybridized carbons (Fsp3) is 0.538. The number of sulfonamides is 1. The first-order valence-electron chi connectivity index (χ1n) is 6.99. The Morgan fingerprint density at radius 3 is 2.39 bits per heavy atom. The minimum absolute atomic E-state index is 0.0810. The van der Waals surface area contributed by atoms with Crippen LogP contribution in [0.1, 0.15) is 0 Å². The smallest absolute Gasteiger partial charge is 0.240 e. The van der Waals surface area contributed by atoms with Crippen molar-refractivity contribution in [1.29, 1.82) is 0 Å². The minimum atomic E-state index is -3.64. The molecule has 130 valence electrons. The van der Waals surface area contributed by atoms with Crippen LogP contribution in [0.25, 0.3) is 0 Å². The van der Waals surface area contributed by atoms with Crippen molar-refractivity contribution in [3.05, 3.63) is 24.3 Å². The van der Waals surface area contributed by atoms with Crippen LogP contribution in [0.5, 0.6) is 5.75 Å². The number of sulfone groups is 1. The second-order valence-corrected chi connectivity index (χ2v) is 9.20. The van der Waals surface area contributed by atoms with Gasteiger partial charge in [0.15, 0.2) is 9.84 Å². The van der Waals surface area contributed by atoms with E-state index >= 15 is 0 Å². The van der Waals surface area contributed by atoms with Crippen LogP contribution < -0.4 is 14.8 Å². The van der Waals surface area contributed by atoms with Gasteiger partial charge in [-0.15, -0.1) is 0 Å². The normalized spacial score (nSPS) is 23.7. The highest BCUT2D eigenvalue weighted by Gasteiger charge is 2.35. The third-order valence-corrected chi connectivity index (χ3v) is 6.71. The maximum atomic E-state index is 12.1. The van der Waals surface area contributed by atoms with E-state index in [0.717, 1.165) is 0 Å². The Bertz CT molecular complexity index is 730. The van der Waals surface area contributed by atoms with Gasteiger partial charge in [0.2, 0.25) is 10.0 Å². The fourth-order valence-electron chi connectivity index (χ4n) is 2.31. The number of ether oxygens (including phenoxy) is 1. The zero-order valence-electron chi connectivity index (χ0n) is 12.6. The van der Waals surface area contributed by atoms with E-state index in [9.17, 15) is 21.9 Å². The van der Waals surface area contributed by atoms with E-state index in [1.807, 2.05) is 0 Å². The number of hydrogen-bond donors (Lipinski definition) is 3. The molecule has 2 atom stereocenters. The molecule has 1 aliphatic rings. The first kappa shape index (κ1) is 18.1. The SMILES string of the molecule is COc1ccc(S(=O)(=O)NCCN[C@@H]2CS(=O)(=O)C[C@@H]2O)cc1. The van der Waals surface area contributed by atoms with E-state index in [1.54, 1.807) is 12.1 Å². The minimum Gasteiger partial charge on any atom is -0.497 e. The van der Waals surface area contributed by atoms with Crippen LogP contribution in [-0.4, -0.2) is 65.8 Å². The summed E-state index contributed by atoms with van der Waals surface area (Å²) in [4.78, 5) is 0.113. The van der Waals surface area contributed by atoms with Gasteiger partial charge in [0, 0.05) is 19.1 Å². The van der Waals surface area contributed by atoms with Crippen molar-refractivity contribution < 1.29 is 26.7 Å². The molecule has 1 aromatic rings. The summed E-state index contributed by atoms with van der Waals surface area (Å²) >= 11 is 0. The van der Waals surface area contributed by atoms with Crippen molar-refractivity contribution >= 4 is 19.9 Å². The molecule has 0 aliphatic carbocycles. The lowest BCUT2D eigenvalue weighted by molar-refractivity contribution is 0.166. The predicted molar refractivity (Wildman–Crippen MR) is 84.6 cm³/mol. The third kappa shape index (κ3) is 4.88. The highest BCUT2D eigenvalue weighted by atomic mass is 32.2. The van der Waals surface area contributed by atoms with Gasteiger partial charge in [0.05, 0.1) is 29.6 Å². The molecular weight excluding hydrogens is 344 g/mol. The second-order valence-electron chi connectivity index (χ2n) is 5.28. The van der Waals surface area contributed by atoms with Crippen molar-refractivity contribution in [2.24, 2.45) is 0 Å². The van der Waals surface area contributed by atoms with E-state index in [0.29, 0.717) is 5.75 Å². The quantitative estimate of drug-likeness (QED) is 0.515. The Kier molecular flexibility index (Phi) is 5.63. The number of aliphatic hydroxyl groups excluding tert-OH is 1. The van der Waals surface area contributed by atoms with Gasteiger partial charge in [-0.05, 0) is 24.3 Å². The summed E-state index contributed by atoms with van der Waals surface area (Å²) in [5.41, 5.74) is 0. The highest BCUT2D eigenvalue weighted by molar-refractivity contribution is 7.91. The lowest BCUT2D eigenvalue weighted by Crippen LogP contribution is -2.42. The first-order chi connectivity index (χ1) is 10.7. The van der Waals surface area contributed by atoms with Gasteiger partial charge in [-0.25, -0.2) is 21.6 Å². The second kappa shape index (κ2) is 7.14. The van der Waals surface area contributed by atoms with Gasteiger partial charge in [-0.3, -0.25) is 0 Å². The van der Waals surface area contributed by atoms with Gasteiger partial charge in [-0.1, -0.05) is 0 Å². The summed E-state index contributed by atoms with van der Waals surface area (Å²) in [7, 11) is -5.38. The van der Waals surface area contributed by atoms with Crippen LogP contribution >= 0.6 is 0 Å². The molecule has 0 bridgehead atoms. The molecule has 1 aliphatic heterocycles. The van der Waals surface area contributed by atoms with Crippen LogP contribution in [-0.2, 0) is 19.9 Å². The van der Waals surface area contributed by atoms with Gasteiger partial charge in [-0.2, -0.15) is 0 Å². The van der Waals surface area contributed by atoms with Crippen molar-refractivity contribution in [1.82, 2.24) is 10.0 Å². The lowest BCUT2D eigenvalue weighted by atomic mass is 10.2.